The highest BCUT2D eigenvalue weighted by atomic mass is 32.2. The zero-order chi connectivity index (χ0) is 32.5. The van der Waals surface area contributed by atoms with Crippen molar-refractivity contribution in [3.63, 3.8) is 0 Å². The van der Waals surface area contributed by atoms with Gasteiger partial charge in [-0.15, -0.1) is 11.3 Å². The number of aliphatic carboxylic acids is 1. The summed E-state index contributed by atoms with van der Waals surface area (Å²) in [7, 11) is -9.83. The predicted octanol–water partition coefficient (Wildman–Crippen LogP) is -3.46. The number of aromatic nitrogens is 2. The van der Waals surface area contributed by atoms with Gasteiger partial charge in [0.25, 0.3) is 22.0 Å². The molecule has 1 aliphatic heterocycles. The molecule has 3 rings (SSSR count). The van der Waals surface area contributed by atoms with Crippen molar-refractivity contribution < 1.29 is 56.0 Å². The van der Waals surface area contributed by atoms with Gasteiger partial charge >= 0.3 is 16.3 Å². The summed E-state index contributed by atoms with van der Waals surface area (Å²) in [4.78, 5) is 57.3. The molecular weight excluding hydrogens is 644 g/mol. The summed E-state index contributed by atoms with van der Waals surface area (Å²) >= 11 is 0.864. The third-order valence-corrected chi connectivity index (χ3v) is 8.25. The van der Waals surface area contributed by atoms with E-state index >= 15 is 0 Å². The number of carbonyl (C=O) groups is 3. The van der Waals surface area contributed by atoms with Crippen LogP contribution in [-0.4, -0.2) is 98.6 Å². The van der Waals surface area contributed by atoms with E-state index in [1.54, 1.807) is 0 Å². The van der Waals surface area contributed by atoms with Crippen molar-refractivity contribution in [2.24, 2.45) is 5.16 Å². The van der Waals surface area contributed by atoms with Crippen molar-refractivity contribution >= 4 is 60.5 Å². The van der Waals surface area contributed by atoms with Gasteiger partial charge in [0.2, 0.25) is 11.5 Å². The molecule has 21 nitrogen and oxygen atoms in total. The monoisotopic (exact) mass is 668 g/mol. The second-order valence-corrected chi connectivity index (χ2v) is 12.8. The molecule has 0 aromatic carbocycles. The van der Waals surface area contributed by atoms with E-state index in [1.807, 2.05) is 9.44 Å². The number of nitrogens with zero attached hydrogens (tertiary/aromatic N) is 4. The summed E-state index contributed by atoms with van der Waals surface area (Å²) in [5.41, 5.74) is 1.60. The van der Waals surface area contributed by atoms with Crippen LogP contribution < -0.4 is 25.9 Å². The number of carboxylic acids is 1. The molecule has 236 valence electrons. The third kappa shape index (κ3) is 7.73. The number of oxime groups is 1. The summed E-state index contributed by atoms with van der Waals surface area (Å²) in [6.45, 7) is 0.556. The highest BCUT2D eigenvalue weighted by Crippen LogP contribution is 2.24. The van der Waals surface area contributed by atoms with E-state index in [9.17, 15) is 56.0 Å². The fraction of sp³-hybridized carbons (Fsp3) is 0.368. The Bertz CT molecular complexity index is 1750. The SMILES string of the molecule is CC(C)(O/N=C(\C(=O)N[C@@H]1C(=O)N(S(=O)(=O)O)[C@@H]1CNS(=O)(=O)NCc1cc(=O)cc(O)n1O)c1csc(N)n1)C(=O)O. The summed E-state index contributed by atoms with van der Waals surface area (Å²) in [6, 6.07) is -2.06. The van der Waals surface area contributed by atoms with Gasteiger partial charge in [-0.25, -0.2) is 18.8 Å². The van der Waals surface area contributed by atoms with Crippen LogP contribution in [0.25, 0.3) is 0 Å². The van der Waals surface area contributed by atoms with Gasteiger partial charge in [0.05, 0.1) is 18.3 Å². The van der Waals surface area contributed by atoms with E-state index in [0.717, 1.165) is 31.3 Å². The lowest BCUT2D eigenvalue weighted by molar-refractivity contribution is -0.161. The number of nitrogens with one attached hydrogen (secondary N) is 3. The number of amides is 2. The number of aromatic hydroxyl groups is 1. The summed E-state index contributed by atoms with van der Waals surface area (Å²) < 4.78 is 61.8. The van der Waals surface area contributed by atoms with E-state index in [2.05, 4.69) is 15.5 Å². The molecule has 0 unspecified atom stereocenters. The minimum Gasteiger partial charge on any atom is -0.492 e. The zero-order valence-electron chi connectivity index (χ0n) is 21.9. The molecule has 0 bridgehead atoms. The lowest BCUT2D eigenvalue weighted by atomic mass is 9.98. The molecule has 0 spiro atoms. The van der Waals surface area contributed by atoms with Gasteiger partial charge in [-0.1, -0.05) is 5.16 Å². The van der Waals surface area contributed by atoms with Crippen LogP contribution in [0, 0.1) is 0 Å². The van der Waals surface area contributed by atoms with Crippen molar-refractivity contribution in [1.82, 2.24) is 28.8 Å². The predicted molar refractivity (Wildman–Crippen MR) is 143 cm³/mol. The molecule has 2 amide bonds. The first-order valence-corrected chi connectivity index (χ1v) is 15.2. The van der Waals surface area contributed by atoms with E-state index < -0.39 is 86.1 Å². The Balaban J connectivity index is 1.81. The molecule has 1 aliphatic rings. The van der Waals surface area contributed by atoms with Crippen LogP contribution in [0.1, 0.15) is 25.2 Å². The molecule has 43 heavy (non-hydrogen) atoms. The first-order chi connectivity index (χ1) is 19.7. The summed E-state index contributed by atoms with van der Waals surface area (Å²) in [5, 5.41) is 35.3. The maximum absolute atomic E-state index is 13.1. The topological polar surface area (TPSA) is 322 Å². The number of nitrogens with two attached hydrogens (primary N) is 1. The quantitative estimate of drug-likeness (QED) is 0.0338. The lowest BCUT2D eigenvalue weighted by Crippen LogP contribution is -2.74. The van der Waals surface area contributed by atoms with Gasteiger partial charge in [0.15, 0.2) is 16.3 Å². The van der Waals surface area contributed by atoms with Gasteiger partial charge in [-0.05, 0) is 13.8 Å². The molecule has 9 N–H and O–H groups in total. The Labute approximate surface area is 245 Å². The van der Waals surface area contributed by atoms with Crippen molar-refractivity contribution in [3.05, 3.63) is 39.1 Å². The second-order valence-electron chi connectivity index (χ2n) is 9.07. The van der Waals surface area contributed by atoms with Crippen molar-refractivity contribution in [2.75, 3.05) is 12.3 Å². The number of rotatable bonds is 13. The summed E-state index contributed by atoms with van der Waals surface area (Å²) in [6.07, 6.45) is 0. The molecule has 24 heteroatoms. The number of hydrogen-bond donors (Lipinski definition) is 8. The highest BCUT2D eigenvalue weighted by molar-refractivity contribution is 7.87. The Hall–Kier alpha value is -4.36. The van der Waals surface area contributed by atoms with Crippen LogP contribution in [0.4, 0.5) is 5.13 Å². The lowest BCUT2D eigenvalue weighted by Gasteiger charge is -2.44. The van der Waals surface area contributed by atoms with Gasteiger partial charge in [-0.2, -0.15) is 26.3 Å². The van der Waals surface area contributed by atoms with Crippen LogP contribution in [0.5, 0.6) is 5.88 Å². The number of anilines is 1. The van der Waals surface area contributed by atoms with Gasteiger partial charge in [0.1, 0.15) is 11.7 Å². The molecule has 1 fully saturated rings. The van der Waals surface area contributed by atoms with E-state index in [1.165, 1.54) is 5.38 Å². The van der Waals surface area contributed by atoms with E-state index in [4.69, 9.17) is 10.6 Å². The normalized spacial score (nSPS) is 17.8. The molecule has 0 saturated carbocycles. The number of carbonyl (C=O) groups excluding carboxylic acids is 2. The summed E-state index contributed by atoms with van der Waals surface area (Å²) in [5.74, 6) is -4.96. The Morgan fingerprint density at radius 1 is 1.21 bits per heavy atom. The highest BCUT2D eigenvalue weighted by Gasteiger charge is 2.54. The largest absolute Gasteiger partial charge is 0.492 e. The minimum absolute atomic E-state index is 0.0334. The molecule has 1 saturated heterocycles. The van der Waals surface area contributed by atoms with Crippen LogP contribution >= 0.6 is 11.3 Å². The van der Waals surface area contributed by atoms with Crippen LogP contribution in [0.2, 0.25) is 0 Å². The van der Waals surface area contributed by atoms with Crippen molar-refractivity contribution in [2.45, 2.75) is 38.1 Å². The van der Waals surface area contributed by atoms with Crippen LogP contribution in [0.15, 0.2) is 27.5 Å². The zero-order valence-corrected chi connectivity index (χ0v) is 24.3. The third-order valence-electron chi connectivity index (χ3n) is 5.56. The molecule has 2 aromatic heterocycles. The number of β-lactam (4-membered cyclic amide) rings is 1. The van der Waals surface area contributed by atoms with Crippen LogP contribution in [-0.2, 0) is 46.3 Å². The number of thiazole rings is 1. The Morgan fingerprint density at radius 2 is 1.86 bits per heavy atom. The fourth-order valence-electron chi connectivity index (χ4n) is 3.31. The number of carboxylic acid groups (broad SMARTS) is 1. The van der Waals surface area contributed by atoms with Crippen molar-refractivity contribution in [3.8, 4) is 5.88 Å². The smallest absolute Gasteiger partial charge is 0.362 e. The maximum Gasteiger partial charge on any atom is 0.362 e. The Morgan fingerprint density at radius 3 is 2.42 bits per heavy atom. The minimum atomic E-state index is -5.25. The number of pyridine rings is 1. The van der Waals surface area contributed by atoms with Crippen molar-refractivity contribution in [1.29, 1.82) is 0 Å². The first kappa shape index (κ1) is 33.1. The van der Waals surface area contributed by atoms with Gasteiger partial charge < -0.3 is 31.3 Å². The molecule has 2 aromatic rings. The molecule has 0 aliphatic carbocycles. The van der Waals surface area contributed by atoms with E-state index in [-0.39, 0.29) is 25.6 Å². The molecule has 2 atom stereocenters. The fourth-order valence-corrected chi connectivity index (χ4v) is 5.57. The first-order valence-electron chi connectivity index (χ1n) is 11.4. The van der Waals surface area contributed by atoms with Gasteiger partial charge in [0, 0.05) is 24.1 Å². The molecule has 3 heterocycles. The number of nitrogen functional groups attached to an aromatic ring is 1. The maximum atomic E-state index is 13.1. The van der Waals surface area contributed by atoms with Crippen LogP contribution in [0.3, 0.4) is 0 Å². The average Bonchev–Trinajstić information content (AvgIpc) is 3.30. The second kappa shape index (κ2) is 12.1. The molecule has 0 radical (unpaired) electrons. The van der Waals surface area contributed by atoms with E-state index in [0.29, 0.717) is 6.07 Å². The number of hydrogen-bond acceptors (Lipinski definition) is 15. The van der Waals surface area contributed by atoms with Gasteiger partial charge in [-0.3, -0.25) is 18.9 Å². The average molecular weight is 669 g/mol. The Kier molecular flexibility index (Phi) is 9.32. The standard InChI is InChI=1S/C19H24N8O13S3/c1-19(2,17(32)33)40-25-13(10-7-41-18(20)23-10)15(30)24-14-11(27(16(14)31)43(37,38)39)6-22-42(35,36)21-5-8-3-9(28)4-12(29)26(8)34/h3-4,7,11,14,21-22,29,34H,5-6H2,1-2H3,(H2,20,23)(H,24,30)(H,32,33)(H,37,38,39)/b25-13-/t11-,14+/m1/s1. The molecular formula is C19H24N8O13S3.